The van der Waals surface area contributed by atoms with Crippen LogP contribution in [0.2, 0.25) is 0 Å². The number of amides is 1. The molecular formula is C11H10Br2N2O. The van der Waals surface area contributed by atoms with Gasteiger partial charge in [0.15, 0.2) is 0 Å². The fourth-order valence-electron chi connectivity index (χ4n) is 1.66. The molecule has 1 aromatic rings. The summed E-state index contributed by atoms with van der Waals surface area (Å²) in [4.78, 5) is 13.5. The molecule has 0 unspecified atom stereocenters. The van der Waals surface area contributed by atoms with Crippen molar-refractivity contribution in [3.63, 3.8) is 0 Å². The standard InChI is InChI=1S/C11H10Br2N2O/c1-14-9(7-12)10(13)11(16)15(14)8-5-3-2-4-6-8/h2-7,10H,1H3/b9-7-/t10-/m1/s1. The third kappa shape index (κ3) is 1.78. The molecule has 5 heteroatoms. The van der Waals surface area contributed by atoms with E-state index in [0.29, 0.717) is 0 Å². The second kappa shape index (κ2) is 4.59. The lowest BCUT2D eigenvalue weighted by molar-refractivity contribution is -0.117. The predicted octanol–water partition coefficient (Wildman–Crippen LogP) is 2.88. The molecule has 1 saturated heterocycles. The van der Waals surface area contributed by atoms with Crippen molar-refractivity contribution in [2.24, 2.45) is 0 Å². The maximum absolute atomic E-state index is 12.1. The molecule has 0 bridgehead atoms. The molecule has 0 spiro atoms. The van der Waals surface area contributed by atoms with E-state index in [1.807, 2.05) is 42.4 Å². The number of carbonyl (C=O) groups is 1. The Labute approximate surface area is 111 Å². The van der Waals surface area contributed by atoms with Crippen molar-refractivity contribution >= 4 is 43.5 Å². The van der Waals surface area contributed by atoms with Crippen molar-refractivity contribution < 1.29 is 4.79 Å². The van der Waals surface area contributed by atoms with Gasteiger partial charge in [0.05, 0.1) is 11.4 Å². The van der Waals surface area contributed by atoms with Gasteiger partial charge in [0.1, 0.15) is 4.83 Å². The van der Waals surface area contributed by atoms with Crippen molar-refractivity contribution in [2.75, 3.05) is 12.1 Å². The van der Waals surface area contributed by atoms with Crippen molar-refractivity contribution in [2.45, 2.75) is 4.83 Å². The number of anilines is 1. The highest BCUT2D eigenvalue weighted by Crippen LogP contribution is 2.32. The van der Waals surface area contributed by atoms with Gasteiger partial charge in [0, 0.05) is 12.0 Å². The smallest absolute Gasteiger partial charge is 0.265 e. The number of benzene rings is 1. The minimum Gasteiger partial charge on any atom is -0.283 e. The lowest BCUT2D eigenvalue weighted by Gasteiger charge is -2.25. The minimum absolute atomic E-state index is 0.0133. The zero-order valence-electron chi connectivity index (χ0n) is 8.60. The lowest BCUT2D eigenvalue weighted by atomic mass is 10.3. The van der Waals surface area contributed by atoms with Crippen LogP contribution < -0.4 is 5.01 Å². The topological polar surface area (TPSA) is 23.6 Å². The third-order valence-corrected chi connectivity index (χ3v) is 3.80. The Hall–Kier alpha value is -0.810. The average Bonchev–Trinajstić information content (AvgIpc) is 2.51. The maximum atomic E-state index is 12.1. The Bertz CT molecular complexity index is 433. The van der Waals surface area contributed by atoms with E-state index in [1.54, 1.807) is 9.99 Å². The fourth-order valence-corrected chi connectivity index (χ4v) is 3.19. The number of para-hydroxylation sites is 1. The molecule has 1 aliphatic heterocycles. The largest absolute Gasteiger partial charge is 0.283 e. The first-order valence-electron chi connectivity index (χ1n) is 4.74. The van der Waals surface area contributed by atoms with Gasteiger partial charge in [-0.3, -0.25) is 9.80 Å². The summed E-state index contributed by atoms with van der Waals surface area (Å²) in [6.07, 6.45) is 0. The lowest BCUT2D eigenvalue weighted by Crippen LogP contribution is -2.35. The Kier molecular flexibility index (Phi) is 3.35. The van der Waals surface area contributed by atoms with Crippen LogP contribution >= 0.6 is 31.9 Å². The number of halogens is 2. The molecule has 0 aliphatic carbocycles. The maximum Gasteiger partial charge on any atom is 0.265 e. The first kappa shape index (κ1) is 11.7. The van der Waals surface area contributed by atoms with E-state index >= 15 is 0 Å². The molecule has 16 heavy (non-hydrogen) atoms. The first-order chi connectivity index (χ1) is 7.66. The van der Waals surface area contributed by atoms with Crippen LogP contribution in [0.4, 0.5) is 5.69 Å². The fraction of sp³-hybridized carbons (Fsp3) is 0.182. The highest BCUT2D eigenvalue weighted by molar-refractivity contribution is 9.11. The molecule has 1 heterocycles. The van der Waals surface area contributed by atoms with Gasteiger partial charge in [-0.15, -0.1) is 0 Å². The molecule has 84 valence electrons. The van der Waals surface area contributed by atoms with Gasteiger partial charge in [-0.1, -0.05) is 50.1 Å². The monoisotopic (exact) mass is 344 g/mol. The molecule has 0 saturated carbocycles. The van der Waals surface area contributed by atoms with Gasteiger partial charge in [-0.05, 0) is 12.1 Å². The van der Waals surface area contributed by atoms with Crippen molar-refractivity contribution in [1.82, 2.24) is 5.01 Å². The van der Waals surface area contributed by atoms with Crippen LogP contribution in [0.25, 0.3) is 0 Å². The van der Waals surface area contributed by atoms with Crippen LogP contribution in [0.15, 0.2) is 41.0 Å². The number of carbonyl (C=O) groups excluding carboxylic acids is 1. The highest BCUT2D eigenvalue weighted by atomic mass is 79.9. The van der Waals surface area contributed by atoms with Crippen LogP contribution in [0.1, 0.15) is 0 Å². The molecule has 1 aliphatic rings. The summed E-state index contributed by atoms with van der Waals surface area (Å²) in [6, 6.07) is 9.57. The summed E-state index contributed by atoms with van der Waals surface area (Å²) >= 11 is 6.65. The quantitative estimate of drug-likeness (QED) is 0.731. The van der Waals surface area contributed by atoms with E-state index in [9.17, 15) is 4.79 Å². The van der Waals surface area contributed by atoms with Crippen LogP contribution in [-0.4, -0.2) is 22.8 Å². The molecule has 2 rings (SSSR count). The van der Waals surface area contributed by atoms with Crippen molar-refractivity contribution in [3.8, 4) is 0 Å². The van der Waals surface area contributed by atoms with Crippen molar-refractivity contribution in [3.05, 3.63) is 41.0 Å². The summed E-state index contributed by atoms with van der Waals surface area (Å²) in [7, 11) is 1.86. The zero-order chi connectivity index (χ0) is 11.7. The van der Waals surface area contributed by atoms with E-state index in [1.165, 1.54) is 0 Å². The first-order valence-corrected chi connectivity index (χ1v) is 6.57. The van der Waals surface area contributed by atoms with Crippen LogP contribution in [0.3, 0.4) is 0 Å². The molecule has 1 aromatic carbocycles. The van der Waals surface area contributed by atoms with Crippen molar-refractivity contribution in [1.29, 1.82) is 0 Å². The molecule has 1 atom stereocenters. The molecule has 1 fully saturated rings. The van der Waals surface area contributed by atoms with Gasteiger partial charge in [0.25, 0.3) is 5.91 Å². The van der Waals surface area contributed by atoms with Crippen LogP contribution in [0.5, 0.6) is 0 Å². The van der Waals surface area contributed by atoms with Gasteiger partial charge < -0.3 is 0 Å². The normalized spacial score (nSPS) is 23.3. The SMILES string of the molecule is CN1/C(=C\Br)[C@@H](Br)C(=O)N1c1ccccc1. The van der Waals surface area contributed by atoms with E-state index in [2.05, 4.69) is 31.9 Å². The second-order valence-corrected chi connectivity index (χ2v) is 4.78. The molecule has 0 N–H and O–H groups in total. The van der Waals surface area contributed by atoms with E-state index in [4.69, 9.17) is 0 Å². The summed E-state index contributed by atoms with van der Waals surface area (Å²) in [5.74, 6) is 0.0133. The third-order valence-electron chi connectivity index (χ3n) is 2.47. The predicted molar refractivity (Wildman–Crippen MR) is 71.4 cm³/mol. The number of hydrogen-bond acceptors (Lipinski definition) is 2. The Morgan fingerprint density at radius 1 is 1.31 bits per heavy atom. The molecule has 0 aromatic heterocycles. The zero-order valence-corrected chi connectivity index (χ0v) is 11.8. The number of alkyl halides is 1. The van der Waals surface area contributed by atoms with E-state index in [0.717, 1.165) is 11.4 Å². The van der Waals surface area contributed by atoms with Crippen LogP contribution in [-0.2, 0) is 4.79 Å². The second-order valence-electron chi connectivity index (χ2n) is 3.41. The summed E-state index contributed by atoms with van der Waals surface area (Å²) in [5.41, 5.74) is 1.75. The molecule has 3 nitrogen and oxygen atoms in total. The average molecular weight is 346 g/mol. The number of hydrazine groups is 1. The number of hydrogen-bond donors (Lipinski definition) is 0. The van der Waals surface area contributed by atoms with Gasteiger partial charge in [-0.25, -0.2) is 5.01 Å². The minimum atomic E-state index is -0.294. The highest BCUT2D eigenvalue weighted by Gasteiger charge is 2.39. The number of rotatable bonds is 1. The van der Waals surface area contributed by atoms with Crippen LogP contribution in [0, 0.1) is 0 Å². The Morgan fingerprint density at radius 3 is 2.44 bits per heavy atom. The summed E-state index contributed by atoms with van der Waals surface area (Å²) < 4.78 is 0. The van der Waals surface area contributed by atoms with E-state index < -0.39 is 0 Å². The van der Waals surface area contributed by atoms with E-state index in [-0.39, 0.29) is 10.7 Å². The Morgan fingerprint density at radius 2 is 1.94 bits per heavy atom. The summed E-state index contributed by atoms with van der Waals surface area (Å²) in [5, 5.41) is 3.47. The molecule has 0 radical (unpaired) electrons. The molecular weight excluding hydrogens is 336 g/mol. The molecule has 1 amide bonds. The van der Waals surface area contributed by atoms with Gasteiger partial charge in [-0.2, -0.15) is 0 Å². The summed E-state index contributed by atoms with van der Waals surface area (Å²) in [6.45, 7) is 0. The van der Waals surface area contributed by atoms with Gasteiger partial charge >= 0.3 is 0 Å². The number of nitrogens with zero attached hydrogens (tertiary/aromatic N) is 2. The Balaban J connectivity index is 2.41. The van der Waals surface area contributed by atoms with Gasteiger partial charge in [0.2, 0.25) is 0 Å².